The topological polar surface area (TPSA) is 111 Å². The van der Waals surface area contributed by atoms with E-state index in [-0.39, 0.29) is 17.7 Å². The first kappa shape index (κ1) is 22.9. The van der Waals surface area contributed by atoms with Crippen molar-refractivity contribution >= 4 is 33.5 Å². The second kappa shape index (κ2) is 9.54. The lowest BCUT2D eigenvalue weighted by molar-refractivity contribution is -0.148. The summed E-state index contributed by atoms with van der Waals surface area (Å²) in [5.41, 5.74) is 0.790. The maximum Gasteiger partial charge on any atom is 0.321 e. The van der Waals surface area contributed by atoms with Gasteiger partial charge in [-0.25, -0.2) is 8.42 Å². The Kier molecular flexibility index (Phi) is 7.04. The number of nitrogens with one attached hydrogen (secondary N) is 1. The summed E-state index contributed by atoms with van der Waals surface area (Å²) >= 11 is 5.76. The predicted octanol–water partition coefficient (Wildman–Crippen LogP) is 2.11. The number of amides is 1. The Morgan fingerprint density at radius 3 is 2.55 bits per heavy atom. The van der Waals surface area contributed by atoms with Crippen LogP contribution in [0.25, 0.3) is 0 Å². The van der Waals surface area contributed by atoms with Crippen molar-refractivity contribution in [1.82, 2.24) is 9.62 Å². The highest BCUT2D eigenvalue weighted by Gasteiger charge is 2.24. The van der Waals surface area contributed by atoms with Gasteiger partial charge in [0.25, 0.3) is 5.91 Å². The van der Waals surface area contributed by atoms with E-state index in [0.717, 1.165) is 9.87 Å². The Balaban J connectivity index is 1.48. The summed E-state index contributed by atoms with van der Waals surface area (Å²) in [6.45, 7) is 0.833. The standard InChI is InChI=1S/C20H21ClN2O7S/c1-13(14-3-8-17-18(9-14)30-12-29-17)22-19(24)11-28-20(25)10-23(2)31(26,27)16-6-4-15(21)5-7-16/h3-9,13H,10-12H2,1-2H3,(H,22,24). The number of halogens is 1. The lowest BCUT2D eigenvalue weighted by Crippen LogP contribution is -2.36. The Morgan fingerprint density at radius 1 is 1.16 bits per heavy atom. The molecule has 1 aliphatic rings. The average Bonchev–Trinajstić information content (AvgIpc) is 3.20. The van der Waals surface area contributed by atoms with Gasteiger partial charge >= 0.3 is 5.97 Å². The largest absolute Gasteiger partial charge is 0.455 e. The van der Waals surface area contributed by atoms with E-state index in [2.05, 4.69) is 5.32 Å². The number of fused-ring (bicyclic) bond motifs is 1. The van der Waals surface area contributed by atoms with Crippen LogP contribution in [0.1, 0.15) is 18.5 Å². The normalized spacial score (nSPS) is 13.7. The van der Waals surface area contributed by atoms with Crippen molar-refractivity contribution in [2.24, 2.45) is 0 Å². The highest BCUT2D eigenvalue weighted by Crippen LogP contribution is 2.34. The molecule has 11 heteroatoms. The number of carbonyl (C=O) groups excluding carboxylic acids is 2. The molecule has 1 heterocycles. The molecule has 166 valence electrons. The second-order valence-electron chi connectivity index (χ2n) is 6.78. The highest BCUT2D eigenvalue weighted by molar-refractivity contribution is 7.89. The Hall–Kier alpha value is -2.82. The number of likely N-dealkylation sites (N-methyl/N-ethyl adjacent to an activating group) is 1. The molecule has 0 saturated carbocycles. The quantitative estimate of drug-likeness (QED) is 0.590. The third-order valence-corrected chi connectivity index (χ3v) is 6.58. The summed E-state index contributed by atoms with van der Waals surface area (Å²) < 4.78 is 41.3. The van der Waals surface area contributed by atoms with Crippen LogP contribution in [-0.4, -0.2) is 51.6 Å². The second-order valence-corrected chi connectivity index (χ2v) is 9.26. The van der Waals surface area contributed by atoms with Gasteiger partial charge in [0.1, 0.15) is 6.54 Å². The number of esters is 1. The smallest absolute Gasteiger partial charge is 0.321 e. The van der Waals surface area contributed by atoms with Crippen molar-refractivity contribution in [2.45, 2.75) is 17.9 Å². The molecule has 0 aromatic heterocycles. The molecule has 3 rings (SSSR count). The lowest BCUT2D eigenvalue weighted by atomic mass is 10.1. The van der Waals surface area contributed by atoms with Crippen LogP contribution in [0, 0.1) is 0 Å². The fourth-order valence-corrected chi connectivity index (χ4v) is 4.04. The van der Waals surface area contributed by atoms with Gasteiger partial charge in [0, 0.05) is 12.1 Å². The molecule has 2 aromatic rings. The number of hydrogen-bond donors (Lipinski definition) is 1. The minimum absolute atomic E-state index is 0.0116. The number of rotatable bonds is 8. The summed E-state index contributed by atoms with van der Waals surface area (Å²) in [6, 6.07) is 10.5. The summed E-state index contributed by atoms with van der Waals surface area (Å²) in [4.78, 5) is 24.1. The molecule has 9 nitrogen and oxygen atoms in total. The number of carbonyl (C=O) groups is 2. The van der Waals surface area contributed by atoms with Crippen LogP contribution in [0.4, 0.5) is 0 Å². The van der Waals surface area contributed by atoms with Crippen molar-refractivity contribution in [3.05, 3.63) is 53.1 Å². The van der Waals surface area contributed by atoms with Crippen LogP contribution in [-0.2, 0) is 24.3 Å². The fraction of sp³-hybridized carbons (Fsp3) is 0.300. The van der Waals surface area contributed by atoms with E-state index in [1.807, 2.05) is 0 Å². The third kappa shape index (κ3) is 5.66. The molecule has 0 fully saturated rings. The number of hydrogen-bond acceptors (Lipinski definition) is 7. The molecule has 0 saturated heterocycles. The Bertz CT molecular complexity index is 1070. The van der Waals surface area contributed by atoms with Gasteiger partial charge in [-0.3, -0.25) is 9.59 Å². The average molecular weight is 469 g/mol. The van der Waals surface area contributed by atoms with Gasteiger partial charge in [-0.15, -0.1) is 0 Å². The summed E-state index contributed by atoms with van der Waals surface area (Å²) in [5.74, 6) is -0.156. The molecule has 0 aliphatic carbocycles. The zero-order valence-electron chi connectivity index (χ0n) is 16.8. The van der Waals surface area contributed by atoms with Crippen LogP contribution in [0.15, 0.2) is 47.4 Å². The van der Waals surface area contributed by atoms with Crippen LogP contribution in [0.3, 0.4) is 0 Å². The third-order valence-electron chi connectivity index (χ3n) is 4.51. The van der Waals surface area contributed by atoms with E-state index >= 15 is 0 Å². The fourth-order valence-electron chi connectivity index (χ4n) is 2.79. The van der Waals surface area contributed by atoms with E-state index < -0.39 is 35.1 Å². The number of benzene rings is 2. The summed E-state index contributed by atoms with van der Waals surface area (Å²) in [6.07, 6.45) is 0. The summed E-state index contributed by atoms with van der Waals surface area (Å²) in [7, 11) is -2.66. The molecule has 31 heavy (non-hydrogen) atoms. The van der Waals surface area contributed by atoms with Crippen LogP contribution < -0.4 is 14.8 Å². The first-order chi connectivity index (χ1) is 14.7. The van der Waals surface area contributed by atoms with E-state index in [9.17, 15) is 18.0 Å². The van der Waals surface area contributed by atoms with E-state index in [1.165, 1.54) is 31.3 Å². The number of nitrogens with zero attached hydrogens (tertiary/aromatic N) is 1. The monoisotopic (exact) mass is 468 g/mol. The van der Waals surface area contributed by atoms with Gasteiger partial charge < -0.3 is 19.5 Å². The predicted molar refractivity (Wildman–Crippen MR) is 111 cm³/mol. The van der Waals surface area contributed by atoms with Crippen molar-refractivity contribution in [3.8, 4) is 11.5 Å². The Labute approximate surface area is 184 Å². The number of sulfonamides is 1. The number of ether oxygens (including phenoxy) is 3. The van der Waals surface area contributed by atoms with Gasteiger partial charge in [-0.2, -0.15) is 4.31 Å². The lowest BCUT2D eigenvalue weighted by Gasteiger charge is -2.17. The minimum atomic E-state index is -3.90. The van der Waals surface area contributed by atoms with E-state index in [1.54, 1.807) is 25.1 Å². The minimum Gasteiger partial charge on any atom is -0.455 e. The van der Waals surface area contributed by atoms with Gasteiger partial charge in [0.05, 0.1) is 10.9 Å². The molecule has 0 bridgehead atoms. The molecule has 2 aromatic carbocycles. The highest BCUT2D eigenvalue weighted by atomic mass is 35.5. The van der Waals surface area contributed by atoms with Crippen molar-refractivity contribution < 1.29 is 32.2 Å². The molecular weight excluding hydrogens is 448 g/mol. The van der Waals surface area contributed by atoms with E-state index in [0.29, 0.717) is 16.5 Å². The van der Waals surface area contributed by atoms with Crippen LogP contribution >= 0.6 is 11.6 Å². The summed E-state index contributed by atoms with van der Waals surface area (Å²) in [5, 5.41) is 3.09. The SMILES string of the molecule is CC(NC(=O)COC(=O)CN(C)S(=O)(=O)c1ccc(Cl)cc1)c1ccc2c(c1)OCO2. The maximum absolute atomic E-state index is 12.5. The molecule has 1 aliphatic heterocycles. The zero-order valence-corrected chi connectivity index (χ0v) is 18.4. The molecule has 0 spiro atoms. The Morgan fingerprint density at radius 2 is 1.84 bits per heavy atom. The van der Waals surface area contributed by atoms with Crippen molar-refractivity contribution in [1.29, 1.82) is 0 Å². The van der Waals surface area contributed by atoms with Gasteiger partial charge in [0.2, 0.25) is 16.8 Å². The molecule has 1 N–H and O–H groups in total. The molecule has 1 amide bonds. The first-order valence-corrected chi connectivity index (χ1v) is 11.0. The van der Waals surface area contributed by atoms with Gasteiger partial charge in [-0.05, 0) is 48.9 Å². The van der Waals surface area contributed by atoms with Crippen molar-refractivity contribution in [3.63, 3.8) is 0 Å². The first-order valence-electron chi connectivity index (χ1n) is 9.23. The molecular formula is C20H21ClN2O7S. The van der Waals surface area contributed by atoms with Gasteiger partial charge in [0.15, 0.2) is 18.1 Å². The van der Waals surface area contributed by atoms with Crippen molar-refractivity contribution in [2.75, 3.05) is 27.0 Å². The zero-order chi connectivity index (χ0) is 22.6. The van der Waals surface area contributed by atoms with Gasteiger partial charge in [-0.1, -0.05) is 17.7 Å². The van der Waals surface area contributed by atoms with Crippen LogP contribution in [0.5, 0.6) is 11.5 Å². The molecule has 1 unspecified atom stereocenters. The molecule has 0 radical (unpaired) electrons. The van der Waals surface area contributed by atoms with E-state index in [4.69, 9.17) is 25.8 Å². The van der Waals surface area contributed by atoms with Crippen LogP contribution in [0.2, 0.25) is 5.02 Å². The molecule has 1 atom stereocenters. The maximum atomic E-state index is 12.5.